The number of amides is 1. The summed E-state index contributed by atoms with van der Waals surface area (Å²) in [6.07, 6.45) is 1.75. The van der Waals surface area contributed by atoms with Crippen LogP contribution < -0.4 is 10.1 Å². The first kappa shape index (κ1) is 14.1. The van der Waals surface area contributed by atoms with Gasteiger partial charge in [-0.25, -0.2) is 9.37 Å². The number of fused-ring (bicyclic) bond motifs is 1. The molecule has 0 bridgehead atoms. The summed E-state index contributed by atoms with van der Waals surface area (Å²) in [5, 5.41) is 2.73. The molecule has 0 fully saturated rings. The zero-order chi connectivity index (χ0) is 15.7. The molecule has 0 aliphatic heterocycles. The number of anilines is 1. The number of pyridine rings is 1. The van der Waals surface area contributed by atoms with E-state index in [1.165, 1.54) is 24.3 Å². The second kappa shape index (κ2) is 5.48. The maximum Gasteiger partial charge on any atom is 0.274 e. The van der Waals surface area contributed by atoms with Gasteiger partial charge < -0.3 is 10.1 Å². The Kier molecular flexibility index (Phi) is 3.50. The number of halogens is 1. The Balaban J connectivity index is 2.00. The molecule has 0 aliphatic carbocycles. The van der Waals surface area contributed by atoms with Crippen molar-refractivity contribution >= 4 is 17.2 Å². The van der Waals surface area contributed by atoms with Crippen molar-refractivity contribution in [3.8, 4) is 5.75 Å². The maximum absolute atomic E-state index is 12.9. The van der Waals surface area contributed by atoms with Crippen LogP contribution in [0.4, 0.5) is 10.1 Å². The van der Waals surface area contributed by atoms with Crippen LogP contribution in [-0.2, 0) is 0 Å². The van der Waals surface area contributed by atoms with Crippen LogP contribution in [0.15, 0.2) is 42.6 Å². The molecule has 0 radical (unpaired) electrons. The van der Waals surface area contributed by atoms with E-state index in [0.717, 1.165) is 0 Å². The summed E-state index contributed by atoms with van der Waals surface area (Å²) in [6.45, 7) is 1.76. The summed E-state index contributed by atoms with van der Waals surface area (Å²) in [4.78, 5) is 16.9. The fourth-order valence-corrected chi connectivity index (χ4v) is 2.31. The maximum atomic E-state index is 12.9. The van der Waals surface area contributed by atoms with Crippen LogP contribution in [0, 0.1) is 12.7 Å². The van der Waals surface area contributed by atoms with Crippen molar-refractivity contribution in [1.82, 2.24) is 9.38 Å². The third kappa shape index (κ3) is 2.39. The SMILES string of the molecule is COc1cccn2c(C(=O)Nc3ccc(F)cc3)c(C)nc12. The van der Waals surface area contributed by atoms with E-state index in [0.29, 0.717) is 28.5 Å². The van der Waals surface area contributed by atoms with Gasteiger partial charge in [-0.3, -0.25) is 9.20 Å². The number of nitrogens with one attached hydrogen (secondary N) is 1. The highest BCUT2D eigenvalue weighted by Crippen LogP contribution is 2.22. The van der Waals surface area contributed by atoms with Crippen LogP contribution in [-0.4, -0.2) is 22.4 Å². The lowest BCUT2D eigenvalue weighted by molar-refractivity contribution is 0.102. The zero-order valence-corrected chi connectivity index (χ0v) is 12.1. The number of nitrogens with zero attached hydrogens (tertiary/aromatic N) is 2. The van der Waals surface area contributed by atoms with Gasteiger partial charge in [0, 0.05) is 11.9 Å². The molecule has 0 aliphatic rings. The Labute approximate surface area is 126 Å². The van der Waals surface area contributed by atoms with Crippen molar-refractivity contribution in [2.45, 2.75) is 6.92 Å². The van der Waals surface area contributed by atoms with Gasteiger partial charge in [0.2, 0.25) is 0 Å². The van der Waals surface area contributed by atoms with E-state index >= 15 is 0 Å². The predicted octanol–water partition coefficient (Wildman–Crippen LogP) is 3.04. The van der Waals surface area contributed by atoms with Crippen LogP contribution in [0.3, 0.4) is 0 Å². The van der Waals surface area contributed by atoms with Crippen molar-refractivity contribution in [3.63, 3.8) is 0 Å². The minimum absolute atomic E-state index is 0.315. The van der Waals surface area contributed by atoms with Crippen LogP contribution in [0.1, 0.15) is 16.2 Å². The standard InChI is InChI=1S/C16H14FN3O2/c1-10-14(16(21)19-12-7-5-11(17)6-8-12)20-9-3-4-13(22-2)15(20)18-10/h3-9H,1-2H3,(H,19,21). The summed E-state index contributed by atoms with van der Waals surface area (Å²) in [5.41, 5.74) is 2.10. The Morgan fingerprint density at radius 1 is 1.27 bits per heavy atom. The lowest BCUT2D eigenvalue weighted by Crippen LogP contribution is -2.15. The van der Waals surface area contributed by atoms with E-state index in [1.54, 1.807) is 36.8 Å². The van der Waals surface area contributed by atoms with Crippen LogP contribution >= 0.6 is 0 Å². The second-order valence-corrected chi connectivity index (χ2v) is 4.78. The van der Waals surface area contributed by atoms with Crippen molar-refractivity contribution in [1.29, 1.82) is 0 Å². The molecule has 0 unspecified atom stereocenters. The summed E-state index contributed by atoms with van der Waals surface area (Å²) in [6, 6.07) is 9.16. The Hall–Kier alpha value is -2.89. The zero-order valence-electron chi connectivity index (χ0n) is 12.1. The predicted molar refractivity (Wildman–Crippen MR) is 80.8 cm³/mol. The second-order valence-electron chi connectivity index (χ2n) is 4.78. The van der Waals surface area contributed by atoms with Gasteiger partial charge in [0.1, 0.15) is 11.5 Å². The largest absolute Gasteiger partial charge is 0.493 e. The van der Waals surface area contributed by atoms with Gasteiger partial charge >= 0.3 is 0 Å². The van der Waals surface area contributed by atoms with Gasteiger partial charge in [-0.15, -0.1) is 0 Å². The van der Waals surface area contributed by atoms with Crippen molar-refractivity contribution < 1.29 is 13.9 Å². The summed E-state index contributed by atoms with van der Waals surface area (Å²) in [7, 11) is 1.55. The minimum Gasteiger partial charge on any atom is -0.493 e. The van der Waals surface area contributed by atoms with Gasteiger partial charge in [-0.05, 0) is 43.3 Å². The number of rotatable bonds is 3. The summed E-state index contributed by atoms with van der Waals surface area (Å²) >= 11 is 0. The highest BCUT2D eigenvalue weighted by molar-refractivity contribution is 6.04. The van der Waals surface area contributed by atoms with Crippen LogP contribution in [0.25, 0.3) is 5.65 Å². The molecule has 0 spiro atoms. The topological polar surface area (TPSA) is 55.6 Å². The first-order valence-corrected chi connectivity index (χ1v) is 6.68. The highest BCUT2D eigenvalue weighted by Gasteiger charge is 2.18. The van der Waals surface area contributed by atoms with Crippen molar-refractivity contribution in [2.24, 2.45) is 0 Å². The number of carbonyl (C=O) groups excluding carboxylic acids is 1. The summed E-state index contributed by atoms with van der Waals surface area (Å²) < 4.78 is 19.8. The average Bonchev–Trinajstić information content (AvgIpc) is 2.85. The fraction of sp³-hybridized carbons (Fsp3) is 0.125. The molecule has 0 atom stereocenters. The van der Waals surface area contributed by atoms with Crippen LogP contribution in [0.5, 0.6) is 5.75 Å². The Morgan fingerprint density at radius 2 is 2.00 bits per heavy atom. The van der Waals surface area contributed by atoms with Gasteiger partial charge in [0.05, 0.1) is 12.8 Å². The molecule has 1 N–H and O–H groups in total. The molecule has 0 saturated heterocycles. The van der Waals surface area contributed by atoms with Gasteiger partial charge in [-0.2, -0.15) is 0 Å². The molecule has 2 aromatic heterocycles. The molecule has 2 heterocycles. The van der Waals surface area contributed by atoms with Gasteiger partial charge in [0.25, 0.3) is 5.91 Å². The number of imidazole rings is 1. The van der Waals surface area contributed by atoms with Gasteiger partial charge in [-0.1, -0.05) is 0 Å². The van der Waals surface area contributed by atoms with Crippen molar-refractivity contribution in [2.75, 3.05) is 12.4 Å². The highest BCUT2D eigenvalue weighted by atomic mass is 19.1. The number of benzene rings is 1. The summed E-state index contributed by atoms with van der Waals surface area (Å²) in [5.74, 6) is -0.0787. The van der Waals surface area contributed by atoms with E-state index in [2.05, 4.69) is 10.3 Å². The molecular formula is C16H14FN3O2. The van der Waals surface area contributed by atoms with Crippen molar-refractivity contribution in [3.05, 3.63) is 59.8 Å². The number of hydrogen-bond donors (Lipinski definition) is 1. The molecule has 0 saturated carbocycles. The van der Waals surface area contributed by atoms with E-state index in [-0.39, 0.29) is 11.7 Å². The number of hydrogen-bond acceptors (Lipinski definition) is 3. The molecule has 6 heteroatoms. The molecule has 3 aromatic rings. The van der Waals surface area contributed by atoms with Gasteiger partial charge in [0.15, 0.2) is 11.4 Å². The number of methoxy groups -OCH3 is 1. The lowest BCUT2D eigenvalue weighted by atomic mass is 10.2. The monoisotopic (exact) mass is 299 g/mol. The average molecular weight is 299 g/mol. The molecule has 3 rings (SSSR count). The first-order valence-electron chi connectivity index (χ1n) is 6.68. The number of ether oxygens (including phenoxy) is 1. The number of aryl methyl sites for hydroxylation is 1. The third-order valence-corrected chi connectivity index (χ3v) is 3.33. The van der Waals surface area contributed by atoms with Crippen LogP contribution in [0.2, 0.25) is 0 Å². The molecule has 1 aromatic carbocycles. The molecule has 1 amide bonds. The Morgan fingerprint density at radius 3 is 2.68 bits per heavy atom. The van der Waals surface area contributed by atoms with E-state index in [4.69, 9.17) is 4.74 Å². The fourth-order valence-electron chi connectivity index (χ4n) is 2.31. The smallest absolute Gasteiger partial charge is 0.274 e. The minimum atomic E-state index is -0.353. The number of carbonyl (C=O) groups is 1. The lowest BCUT2D eigenvalue weighted by Gasteiger charge is -2.07. The Bertz CT molecular complexity index is 840. The quantitative estimate of drug-likeness (QED) is 0.808. The van der Waals surface area contributed by atoms with E-state index in [9.17, 15) is 9.18 Å². The number of aromatic nitrogens is 2. The molecule has 112 valence electrons. The molecule has 22 heavy (non-hydrogen) atoms. The van der Waals surface area contributed by atoms with E-state index in [1.807, 2.05) is 0 Å². The normalized spacial score (nSPS) is 10.7. The van der Waals surface area contributed by atoms with E-state index < -0.39 is 0 Å². The molecule has 5 nitrogen and oxygen atoms in total. The first-order chi connectivity index (χ1) is 10.6. The molecular weight excluding hydrogens is 285 g/mol. The third-order valence-electron chi connectivity index (χ3n) is 3.33.